The van der Waals surface area contributed by atoms with E-state index in [1.165, 1.54) is 31.3 Å². The van der Waals surface area contributed by atoms with Crippen molar-refractivity contribution in [2.24, 2.45) is 0 Å². The minimum Gasteiger partial charge on any atom is -0.478 e. The molecule has 0 aliphatic heterocycles. The van der Waals surface area contributed by atoms with Crippen LogP contribution in [0.15, 0.2) is 48.1 Å². The van der Waals surface area contributed by atoms with E-state index in [0.717, 1.165) is 16.2 Å². The third-order valence-electron chi connectivity index (χ3n) is 4.17. The van der Waals surface area contributed by atoms with Crippen LogP contribution in [-0.4, -0.2) is 39.5 Å². The molecule has 2 aromatic rings. The molecule has 7 nitrogen and oxygen atoms in total. The number of fused-ring (bicyclic) bond motifs is 1. The van der Waals surface area contributed by atoms with Crippen molar-refractivity contribution in [1.82, 2.24) is 8.96 Å². The number of rotatable bonds is 4. The van der Waals surface area contributed by atoms with E-state index >= 15 is 0 Å². The number of allylic oxidation sites excluding steroid dienone is 3. The number of hydrogen-bond acceptors (Lipinski definition) is 5. The van der Waals surface area contributed by atoms with E-state index in [1.807, 2.05) is 0 Å². The first-order valence-electron chi connectivity index (χ1n) is 7.20. The lowest BCUT2D eigenvalue weighted by atomic mass is 9.97. The fraction of sp³-hybridized carbons (Fsp3) is 0.188. The van der Waals surface area contributed by atoms with E-state index in [2.05, 4.69) is 4.98 Å². The number of aldehydes is 1. The number of carboxylic acids is 1. The summed E-state index contributed by atoms with van der Waals surface area (Å²) in [7, 11) is -4.25. The van der Waals surface area contributed by atoms with Gasteiger partial charge in [-0.25, -0.2) is 26.6 Å². The zero-order chi connectivity index (χ0) is 18.4. The van der Waals surface area contributed by atoms with Crippen LogP contribution in [0.25, 0.3) is 11.0 Å². The number of hydrogen-bond donors (Lipinski definition) is 1. The van der Waals surface area contributed by atoms with Crippen molar-refractivity contribution in [3.63, 3.8) is 0 Å². The molecule has 0 fully saturated rings. The van der Waals surface area contributed by atoms with E-state index in [9.17, 15) is 27.5 Å². The highest BCUT2D eigenvalue weighted by molar-refractivity contribution is 7.91. The minimum atomic E-state index is -4.25. The molecule has 0 saturated heterocycles. The molecule has 130 valence electrons. The van der Waals surface area contributed by atoms with Crippen LogP contribution in [0.5, 0.6) is 0 Å². The molecular weight excluding hydrogens is 351 g/mol. The Labute approximate surface area is 142 Å². The number of nitrogens with zero attached hydrogens (tertiary/aromatic N) is 2. The molecule has 0 radical (unpaired) electrons. The zero-order valence-electron chi connectivity index (χ0n) is 13.0. The second kappa shape index (κ2) is 5.62. The zero-order valence-corrected chi connectivity index (χ0v) is 13.8. The Kier molecular flexibility index (Phi) is 3.83. The van der Waals surface area contributed by atoms with Crippen molar-refractivity contribution >= 4 is 33.3 Å². The van der Waals surface area contributed by atoms with E-state index in [-0.39, 0.29) is 28.6 Å². The van der Waals surface area contributed by atoms with Crippen LogP contribution in [-0.2, 0) is 14.8 Å². The number of aromatic carboxylic acids is 1. The molecule has 0 aromatic carbocycles. The van der Waals surface area contributed by atoms with Crippen LogP contribution >= 0.6 is 0 Å². The van der Waals surface area contributed by atoms with Crippen LogP contribution in [0.2, 0.25) is 0 Å². The topological polar surface area (TPSA) is 106 Å². The average Bonchev–Trinajstić information content (AvgIpc) is 2.95. The van der Waals surface area contributed by atoms with E-state index in [1.54, 1.807) is 0 Å². The summed E-state index contributed by atoms with van der Waals surface area (Å²) in [6, 6.07) is 2.94. The lowest BCUT2D eigenvalue weighted by Crippen LogP contribution is -2.38. The van der Waals surface area contributed by atoms with Gasteiger partial charge >= 0.3 is 5.97 Å². The molecule has 2 aromatic heterocycles. The maximum Gasteiger partial charge on any atom is 0.337 e. The summed E-state index contributed by atoms with van der Waals surface area (Å²) < 4.78 is 39.3. The van der Waals surface area contributed by atoms with Gasteiger partial charge in [0.25, 0.3) is 0 Å². The van der Waals surface area contributed by atoms with Crippen molar-refractivity contribution < 1.29 is 27.5 Å². The number of aromatic nitrogens is 2. The van der Waals surface area contributed by atoms with E-state index < -0.39 is 26.6 Å². The lowest BCUT2D eigenvalue weighted by Gasteiger charge is -2.28. The highest BCUT2D eigenvalue weighted by atomic mass is 32.2. The summed E-state index contributed by atoms with van der Waals surface area (Å²) in [6.07, 6.45) is 4.55. The molecular formula is C16H13FN2O5S. The van der Waals surface area contributed by atoms with Crippen LogP contribution in [0.1, 0.15) is 23.7 Å². The molecule has 2 heterocycles. The molecule has 3 rings (SSSR count). The maximum absolute atomic E-state index is 14.0. The highest BCUT2D eigenvalue weighted by Gasteiger charge is 2.42. The summed E-state index contributed by atoms with van der Waals surface area (Å²) in [5.41, 5.74) is -0.492. The molecule has 0 spiro atoms. The third-order valence-corrected chi connectivity index (χ3v) is 6.43. The van der Waals surface area contributed by atoms with Crippen LogP contribution < -0.4 is 0 Å². The fourth-order valence-electron chi connectivity index (χ4n) is 2.71. The van der Waals surface area contributed by atoms with Gasteiger partial charge in [0.15, 0.2) is 11.9 Å². The first-order valence-corrected chi connectivity index (χ1v) is 8.64. The van der Waals surface area contributed by atoms with Gasteiger partial charge in [0.1, 0.15) is 10.6 Å². The number of pyridine rings is 1. The Balaban J connectivity index is 2.23. The van der Waals surface area contributed by atoms with Crippen molar-refractivity contribution in [3.05, 3.63) is 53.6 Å². The smallest absolute Gasteiger partial charge is 0.337 e. The second-order valence-electron chi connectivity index (χ2n) is 5.81. The molecule has 0 bridgehead atoms. The predicted molar refractivity (Wildman–Crippen MR) is 87.4 cm³/mol. The Hall–Kier alpha value is -2.81. The van der Waals surface area contributed by atoms with Crippen LogP contribution in [0.3, 0.4) is 0 Å². The number of carboxylic acid groups (broad SMARTS) is 1. The summed E-state index contributed by atoms with van der Waals surface area (Å²) in [5.74, 6) is -2.24. The molecule has 9 heteroatoms. The average molecular weight is 364 g/mol. The van der Waals surface area contributed by atoms with Crippen molar-refractivity contribution in [1.29, 1.82) is 0 Å². The lowest BCUT2D eigenvalue weighted by molar-refractivity contribution is -0.104. The quantitative estimate of drug-likeness (QED) is 0.832. The first-order chi connectivity index (χ1) is 11.7. The summed E-state index contributed by atoms with van der Waals surface area (Å²) in [6.45, 7) is 1.30. The minimum absolute atomic E-state index is 0.0555. The largest absolute Gasteiger partial charge is 0.478 e. The highest BCUT2D eigenvalue weighted by Crippen LogP contribution is 2.35. The van der Waals surface area contributed by atoms with Crippen LogP contribution in [0.4, 0.5) is 4.39 Å². The number of carbonyl (C=O) groups excluding carboxylic acids is 1. The third kappa shape index (κ3) is 2.47. The predicted octanol–water partition coefficient (Wildman–Crippen LogP) is 2.05. The molecule has 25 heavy (non-hydrogen) atoms. The van der Waals surface area contributed by atoms with Crippen molar-refractivity contribution in [2.45, 2.75) is 18.1 Å². The van der Waals surface area contributed by atoms with Gasteiger partial charge in [-0.15, -0.1) is 0 Å². The van der Waals surface area contributed by atoms with Gasteiger partial charge in [-0.05, 0) is 31.6 Å². The molecule has 1 aliphatic carbocycles. The van der Waals surface area contributed by atoms with Crippen molar-refractivity contribution in [3.8, 4) is 0 Å². The summed E-state index contributed by atoms with van der Waals surface area (Å²) in [4.78, 5) is 26.1. The van der Waals surface area contributed by atoms with E-state index in [0.29, 0.717) is 6.29 Å². The van der Waals surface area contributed by atoms with Gasteiger partial charge in [-0.3, -0.25) is 4.79 Å². The normalized spacial score (nSPS) is 20.9. The van der Waals surface area contributed by atoms with Gasteiger partial charge in [0.05, 0.1) is 5.56 Å². The Morgan fingerprint density at radius 2 is 2.20 bits per heavy atom. The molecule has 1 unspecified atom stereocenters. The molecule has 0 amide bonds. The number of carbonyl (C=O) groups is 2. The monoisotopic (exact) mass is 364 g/mol. The number of halogens is 1. The van der Waals surface area contributed by atoms with E-state index in [4.69, 9.17) is 0 Å². The Morgan fingerprint density at radius 3 is 2.80 bits per heavy atom. The maximum atomic E-state index is 14.0. The molecule has 1 aliphatic rings. The van der Waals surface area contributed by atoms with Gasteiger partial charge in [-0.1, -0.05) is 6.08 Å². The first kappa shape index (κ1) is 17.0. The Morgan fingerprint density at radius 1 is 1.48 bits per heavy atom. The Bertz CT molecular complexity index is 1070. The molecule has 1 N–H and O–H groups in total. The van der Waals surface area contributed by atoms with Gasteiger partial charge in [-0.2, -0.15) is 0 Å². The molecule has 1 atom stereocenters. The van der Waals surface area contributed by atoms with Gasteiger partial charge < -0.3 is 5.11 Å². The SMILES string of the molecule is CC1(S(=O)(=O)n2cc(C(=O)O)c3cccnc32)C=C(F)C(C=O)=CC1. The van der Waals surface area contributed by atoms with Gasteiger partial charge in [0.2, 0.25) is 10.0 Å². The fourth-order valence-corrected chi connectivity index (χ4v) is 4.33. The second-order valence-corrected chi connectivity index (χ2v) is 8.09. The van der Waals surface area contributed by atoms with Crippen LogP contribution in [0, 0.1) is 0 Å². The standard InChI is InChI=1S/C16H13FN2O5S/c1-16(5-4-10(9-20)13(17)7-16)25(23,24)19-8-12(15(21)22)11-3-2-6-18-14(11)19/h2-4,6-9H,5H2,1H3,(H,21,22). The van der Waals surface area contributed by atoms with Gasteiger partial charge in [0, 0.05) is 23.4 Å². The summed E-state index contributed by atoms with van der Waals surface area (Å²) >= 11 is 0. The van der Waals surface area contributed by atoms with Crippen molar-refractivity contribution in [2.75, 3.05) is 0 Å². The summed E-state index contributed by atoms with van der Waals surface area (Å²) in [5, 5.41) is 9.45. The molecule has 0 saturated carbocycles.